The predicted molar refractivity (Wildman–Crippen MR) is 107 cm³/mol. The summed E-state index contributed by atoms with van der Waals surface area (Å²) in [7, 11) is 0. The van der Waals surface area contributed by atoms with Gasteiger partial charge in [-0.05, 0) is 57.2 Å². The van der Waals surface area contributed by atoms with Gasteiger partial charge >= 0.3 is 5.97 Å². The first-order chi connectivity index (χ1) is 13.4. The molecule has 0 bridgehead atoms. The minimum Gasteiger partial charge on any atom is -0.449 e. The van der Waals surface area contributed by atoms with Crippen molar-refractivity contribution in [1.29, 1.82) is 0 Å². The number of fused-ring (bicyclic) bond motifs is 1. The maximum atomic E-state index is 12.3. The molecule has 3 rings (SSSR count). The summed E-state index contributed by atoms with van der Waals surface area (Å²) < 4.78 is 10.6. The van der Waals surface area contributed by atoms with E-state index < -0.39 is 17.5 Å². The van der Waals surface area contributed by atoms with E-state index in [1.165, 1.54) is 37.5 Å². The van der Waals surface area contributed by atoms with E-state index in [1.807, 2.05) is 0 Å². The van der Waals surface area contributed by atoms with Crippen LogP contribution in [0.1, 0.15) is 49.6 Å². The molecule has 0 spiro atoms. The number of nitrogens with one attached hydrogen (secondary N) is 1. The topological polar surface area (TPSA) is 85.6 Å². The fourth-order valence-electron chi connectivity index (χ4n) is 3.12. The Bertz CT molecular complexity index is 978. The molecule has 6 nitrogen and oxygen atoms in total. The number of carbonyl (C=O) groups is 2. The second kappa shape index (κ2) is 9.06. The zero-order valence-electron chi connectivity index (χ0n) is 15.6. The third-order valence-corrected chi connectivity index (χ3v) is 4.91. The molecule has 1 heterocycles. The molecule has 2 aromatic rings. The van der Waals surface area contributed by atoms with E-state index in [0.29, 0.717) is 11.6 Å². The van der Waals surface area contributed by atoms with Gasteiger partial charge in [-0.3, -0.25) is 9.59 Å². The average molecular weight is 404 g/mol. The van der Waals surface area contributed by atoms with Crippen molar-refractivity contribution in [3.05, 3.63) is 56.9 Å². The molecule has 0 saturated carbocycles. The van der Waals surface area contributed by atoms with E-state index in [1.54, 1.807) is 6.07 Å². The predicted octanol–water partition coefficient (Wildman–Crippen LogP) is 4.00. The molecule has 1 aliphatic rings. The summed E-state index contributed by atoms with van der Waals surface area (Å²) >= 11 is 5.87. The van der Waals surface area contributed by atoms with E-state index in [9.17, 15) is 14.4 Å². The Hall–Kier alpha value is -2.60. The highest BCUT2D eigenvalue weighted by molar-refractivity contribution is 6.31. The Balaban J connectivity index is 1.58. The van der Waals surface area contributed by atoms with Crippen LogP contribution in [0.4, 0.5) is 0 Å². The maximum Gasteiger partial charge on any atom is 0.375 e. The number of benzene rings is 1. The van der Waals surface area contributed by atoms with Crippen molar-refractivity contribution in [2.24, 2.45) is 0 Å². The summed E-state index contributed by atoms with van der Waals surface area (Å²) in [6.07, 6.45) is 6.62. The van der Waals surface area contributed by atoms with Crippen LogP contribution < -0.4 is 10.7 Å². The van der Waals surface area contributed by atoms with Gasteiger partial charge in [0.2, 0.25) is 5.76 Å². The van der Waals surface area contributed by atoms with Crippen LogP contribution in [0.15, 0.2) is 45.1 Å². The molecule has 148 valence electrons. The smallest absolute Gasteiger partial charge is 0.375 e. The zero-order chi connectivity index (χ0) is 20.1. The fraction of sp³-hybridized carbons (Fsp3) is 0.381. The molecule has 1 atom stereocenters. The molecule has 1 N–H and O–H groups in total. The van der Waals surface area contributed by atoms with Gasteiger partial charge in [0.05, 0.1) is 5.39 Å². The van der Waals surface area contributed by atoms with Gasteiger partial charge < -0.3 is 14.5 Å². The molecule has 1 amide bonds. The molecule has 7 heteroatoms. The molecule has 0 fully saturated rings. The second-order valence-corrected chi connectivity index (χ2v) is 7.25. The molecule has 1 aromatic heterocycles. The standard InChI is InChI=1S/C21H22ClNO5/c1-13(20(25)23-10-9-14-5-3-2-4-6-14)27-21(26)19-12-17(24)16-11-15(22)7-8-18(16)28-19/h5,7-8,11-13H,2-4,6,9-10H2,1H3,(H,23,25)/t13-/m0/s1. The monoisotopic (exact) mass is 403 g/mol. The highest BCUT2D eigenvalue weighted by atomic mass is 35.5. The molecule has 0 unspecified atom stereocenters. The first-order valence-corrected chi connectivity index (χ1v) is 9.72. The van der Waals surface area contributed by atoms with Gasteiger partial charge in [-0.15, -0.1) is 0 Å². The van der Waals surface area contributed by atoms with Crippen molar-refractivity contribution in [3.8, 4) is 0 Å². The summed E-state index contributed by atoms with van der Waals surface area (Å²) in [6.45, 7) is 1.98. The number of hydrogen-bond acceptors (Lipinski definition) is 5. The van der Waals surface area contributed by atoms with E-state index in [-0.39, 0.29) is 22.6 Å². The normalized spacial score (nSPS) is 15.0. The number of halogens is 1. The molecule has 0 radical (unpaired) electrons. The Morgan fingerprint density at radius 3 is 2.86 bits per heavy atom. The van der Waals surface area contributed by atoms with Crippen molar-refractivity contribution in [2.75, 3.05) is 6.54 Å². The van der Waals surface area contributed by atoms with Crippen molar-refractivity contribution in [3.63, 3.8) is 0 Å². The number of amides is 1. The van der Waals surface area contributed by atoms with Crippen molar-refractivity contribution < 1.29 is 18.7 Å². The lowest BCUT2D eigenvalue weighted by Crippen LogP contribution is -2.36. The van der Waals surface area contributed by atoms with Crippen LogP contribution >= 0.6 is 11.6 Å². The summed E-state index contributed by atoms with van der Waals surface area (Å²) in [6, 6.07) is 5.57. The van der Waals surface area contributed by atoms with Crippen molar-refractivity contribution in [2.45, 2.75) is 45.1 Å². The second-order valence-electron chi connectivity index (χ2n) is 6.81. The minimum atomic E-state index is -1.00. The van der Waals surface area contributed by atoms with Gasteiger partial charge in [-0.25, -0.2) is 4.79 Å². The number of rotatable bonds is 6. The van der Waals surface area contributed by atoms with Gasteiger partial charge in [0.15, 0.2) is 11.5 Å². The summed E-state index contributed by atoms with van der Waals surface area (Å²) in [5, 5.41) is 3.43. The highest BCUT2D eigenvalue weighted by Crippen LogP contribution is 2.20. The minimum absolute atomic E-state index is 0.224. The van der Waals surface area contributed by atoms with Crippen LogP contribution in [0.3, 0.4) is 0 Å². The van der Waals surface area contributed by atoms with Crippen LogP contribution in [0.2, 0.25) is 5.02 Å². The van der Waals surface area contributed by atoms with Gasteiger partial charge in [0, 0.05) is 17.6 Å². The lowest BCUT2D eigenvalue weighted by molar-refractivity contribution is -0.129. The number of carbonyl (C=O) groups excluding carboxylic acids is 2. The summed E-state index contributed by atoms with van der Waals surface area (Å²) in [5.74, 6) is -1.52. The third-order valence-electron chi connectivity index (χ3n) is 4.67. The van der Waals surface area contributed by atoms with Gasteiger partial charge in [-0.1, -0.05) is 23.3 Å². The lowest BCUT2D eigenvalue weighted by Gasteiger charge is -2.15. The fourth-order valence-corrected chi connectivity index (χ4v) is 3.30. The van der Waals surface area contributed by atoms with Crippen molar-refractivity contribution >= 4 is 34.4 Å². The molecule has 28 heavy (non-hydrogen) atoms. The molecular weight excluding hydrogens is 382 g/mol. The SMILES string of the molecule is C[C@H](OC(=O)c1cc(=O)c2cc(Cl)ccc2o1)C(=O)NCCC1=CCCCC1. The largest absolute Gasteiger partial charge is 0.449 e. The van der Waals surface area contributed by atoms with E-state index in [4.69, 9.17) is 20.8 Å². The van der Waals surface area contributed by atoms with Crippen LogP contribution in [-0.4, -0.2) is 24.5 Å². The summed E-state index contributed by atoms with van der Waals surface area (Å²) in [4.78, 5) is 36.6. The van der Waals surface area contributed by atoms with Gasteiger partial charge in [-0.2, -0.15) is 0 Å². The van der Waals surface area contributed by atoms with Crippen molar-refractivity contribution in [1.82, 2.24) is 5.32 Å². The van der Waals surface area contributed by atoms with Crippen LogP contribution in [0.5, 0.6) is 0 Å². The van der Waals surface area contributed by atoms with Crippen LogP contribution in [0, 0.1) is 0 Å². The Morgan fingerprint density at radius 2 is 2.11 bits per heavy atom. The Morgan fingerprint density at radius 1 is 1.29 bits per heavy atom. The molecular formula is C21H22ClNO5. The molecule has 1 aromatic carbocycles. The number of ether oxygens (including phenoxy) is 1. The lowest BCUT2D eigenvalue weighted by atomic mass is 9.97. The van der Waals surface area contributed by atoms with Gasteiger partial charge in [0.25, 0.3) is 5.91 Å². The third kappa shape index (κ3) is 5.01. The molecule has 0 aliphatic heterocycles. The first-order valence-electron chi connectivity index (χ1n) is 9.34. The maximum absolute atomic E-state index is 12.3. The van der Waals surface area contributed by atoms with E-state index in [2.05, 4.69) is 11.4 Å². The Kier molecular flexibility index (Phi) is 6.52. The highest BCUT2D eigenvalue weighted by Gasteiger charge is 2.21. The first kappa shape index (κ1) is 20.1. The van der Waals surface area contributed by atoms with E-state index >= 15 is 0 Å². The Labute approximate surface area is 167 Å². The van der Waals surface area contributed by atoms with Gasteiger partial charge in [0.1, 0.15) is 5.58 Å². The quantitative estimate of drug-likeness (QED) is 0.582. The average Bonchev–Trinajstić information content (AvgIpc) is 2.69. The van der Waals surface area contributed by atoms with Crippen LogP contribution in [0.25, 0.3) is 11.0 Å². The van der Waals surface area contributed by atoms with Crippen LogP contribution in [-0.2, 0) is 9.53 Å². The number of hydrogen-bond donors (Lipinski definition) is 1. The molecule has 0 saturated heterocycles. The number of allylic oxidation sites excluding steroid dienone is 1. The summed E-state index contributed by atoms with van der Waals surface area (Å²) in [5.41, 5.74) is 1.17. The number of esters is 1. The molecule has 1 aliphatic carbocycles. The van der Waals surface area contributed by atoms with E-state index in [0.717, 1.165) is 25.3 Å². The zero-order valence-corrected chi connectivity index (χ0v) is 16.4.